The number of Topliss-reactive ketones (excluding diaryl/α,β-unsaturated/α-hetero) is 1. The van der Waals surface area contributed by atoms with Crippen molar-refractivity contribution in [2.24, 2.45) is 5.92 Å². The maximum Gasteiger partial charge on any atom is 0.410 e. The van der Waals surface area contributed by atoms with Crippen LogP contribution in [-0.2, 0) is 16.0 Å². The lowest BCUT2D eigenvalue weighted by atomic mass is 9.85. The fraction of sp³-hybridized carbons (Fsp3) is 0.333. The van der Waals surface area contributed by atoms with Gasteiger partial charge in [-0.1, -0.05) is 54.6 Å². The second-order valence-corrected chi connectivity index (χ2v) is 10.1. The molecule has 3 aliphatic rings. The Kier molecular flexibility index (Phi) is 5.82. The van der Waals surface area contributed by atoms with Crippen molar-refractivity contribution in [1.29, 1.82) is 0 Å². The molecule has 2 bridgehead atoms. The molecule has 6 heteroatoms. The molecule has 3 aromatic carbocycles. The molecule has 184 valence electrons. The van der Waals surface area contributed by atoms with Gasteiger partial charge in [0, 0.05) is 36.4 Å². The van der Waals surface area contributed by atoms with E-state index in [9.17, 15) is 18.4 Å². The van der Waals surface area contributed by atoms with Crippen molar-refractivity contribution in [2.45, 2.75) is 50.1 Å². The summed E-state index contributed by atoms with van der Waals surface area (Å²) in [6.45, 7) is 0.273. The van der Waals surface area contributed by atoms with Crippen LogP contribution in [-0.4, -0.2) is 35.5 Å². The molecule has 4 nitrogen and oxygen atoms in total. The molecule has 0 spiro atoms. The molecule has 2 heterocycles. The molecule has 2 fully saturated rings. The van der Waals surface area contributed by atoms with E-state index in [1.165, 1.54) is 34.4 Å². The number of rotatable bonds is 5. The second-order valence-electron chi connectivity index (χ2n) is 10.1. The third-order valence-corrected chi connectivity index (χ3v) is 8.12. The molecule has 0 saturated carbocycles. The zero-order valence-electron chi connectivity index (χ0n) is 19.8. The predicted octanol–water partition coefficient (Wildman–Crippen LogP) is 6.27. The Morgan fingerprint density at radius 3 is 2.08 bits per heavy atom. The van der Waals surface area contributed by atoms with Gasteiger partial charge in [0.05, 0.1) is 0 Å². The molecule has 0 aromatic heterocycles. The minimum Gasteiger partial charge on any atom is -0.448 e. The van der Waals surface area contributed by atoms with E-state index in [2.05, 4.69) is 24.3 Å². The molecular formula is C30H27F2NO3. The lowest BCUT2D eigenvalue weighted by Gasteiger charge is -2.37. The van der Waals surface area contributed by atoms with Crippen molar-refractivity contribution in [2.75, 3.05) is 6.61 Å². The number of halogens is 2. The largest absolute Gasteiger partial charge is 0.448 e. The molecule has 1 amide bonds. The predicted molar refractivity (Wildman–Crippen MR) is 132 cm³/mol. The molecule has 2 unspecified atom stereocenters. The number of hydrogen-bond donors (Lipinski definition) is 0. The lowest BCUT2D eigenvalue weighted by molar-refractivity contribution is -0.124. The number of piperidine rings is 1. The number of benzene rings is 3. The van der Waals surface area contributed by atoms with Crippen LogP contribution in [0.2, 0.25) is 0 Å². The standard InChI is InChI=1S/C30H27F2NO3/c31-20-10-9-18(28(32)16-20)15-29(34)19-13-21-11-12-22(14-19)33(21)30(35)36-17-27-25-7-3-1-5-23(25)24-6-2-4-8-26(24)27/h1-10,16,19,21-22,27H,11-15,17H2. The van der Waals surface area contributed by atoms with E-state index >= 15 is 0 Å². The van der Waals surface area contributed by atoms with Crippen molar-refractivity contribution < 1.29 is 23.1 Å². The van der Waals surface area contributed by atoms with Gasteiger partial charge in [-0.2, -0.15) is 0 Å². The first-order chi connectivity index (χ1) is 17.5. The van der Waals surface area contributed by atoms with Crippen LogP contribution in [0.25, 0.3) is 11.1 Å². The average molecular weight is 488 g/mol. The minimum absolute atomic E-state index is 0.00345. The summed E-state index contributed by atoms with van der Waals surface area (Å²) in [6.07, 6.45) is 2.42. The molecule has 6 rings (SSSR count). The highest BCUT2D eigenvalue weighted by molar-refractivity contribution is 5.84. The van der Waals surface area contributed by atoms with Crippen LogP contribution in [0.3, 0.4) is 0 Å². The Bertz CT molecular complexity index is 1280. The number of amides is 1. The Labute approximate surface area is 208 Å². The molecule has 2 atom stereocenters. The first kappa shape index (κ1) is 22.9. The number of fused-ring (bicyclic) bond motifs is 5. The van der Waals surface area contributed by atoms with E-state index in [4.69, 9.17) is 4.74 Å². The van der Waals surface area contributed by atoms with Gasteiger partial charge in [-0.25, -0.2) is 13.6 Å². The van der Waals surface area contributed by atoms with Crippen LogP contribution in [0.1, 0.15) is 48.3 Å². The van der Waals surface area contributed by atoms with Crippen molar-refractivity contribution in [1.82, 2.24) is 4.90 Å². The molecule has 1 aliphatic carbocycles. The van der Waals surface area contributed by atoms with Crippen LogP contribution >= 0.6 is 0 Å². The third-order valence-electron chi connectivity index (χ3n) is 8.12. The quantitative estimate of drug-likeness (QED) is 0.426. The number of nitrogens with zero attached hydrogens (tertiary/aromatic N) is 1. The van der Waals surface area contributed by atoms with E-state index in [0.717, 1.165) is 18.9 Å². The number of hydrogen-bond acceptors (Lipinski definition) is 3. The minimum atomic E-state index is -0.692. The molecule has 2 aliphatic heterocycles. The van der Waals surface area contributed by atoms with Crippen LogP contribution < -0.4 is 0 Å². The van der Waals surface area contributed by atoms with Gasteiger partial charge in [-0.05, 0) is 59.6 Å². The Hall–Kier alpha value is -3.54. The van der Waals surface area contributed by atoms with Gasteiger partial charge in [0.2, 0.25) is 0 Å². The van der Waals surface area contributed by atoms with Crippen molar-refractivity contribution >= 4 is 11.9 Å². The van der Waals surface area contributed by atoms with E-state index in [1.54, 1.807) is 0 Å². The van der Waals surface area contributed by atoms with Gasteiger partial charge >= 0.3 is 6.09 Å². The summed E-state index contributed by atoms with van der Waals surface area (Å²) in [4.78, 5) is 28.0. The summed E-state index contributed by atoms with van der Waals surface area (Å²) >= 11 is 0. The van der Waals surface area contributed by atoms with Gasteiger partial charge in [0.15, 0.2) is 0 Å². The first-order valence-electron chi connectivity index (χ1n) is 12.6. The van der Waals surface area contributed by atoms with E-state index < -0.39 is 11.6 Å². The summed E-state index contributed by atoms with van der Waals surface area (Å²) in [5, 5.41) is 0. The summed E-state index contributed by atoms with van der Waals surface area (Å²) < 4.78 is 33.1. The van der Waals surface area contributed by atoms with Gasteiger partial charge < -0.3 is 9.64 Å². The number of carbonyl (C=O) groups excluding carboxylic acids is 2. The summed E-state index contributed by atoms with van der Waals surface area (Å²) in [6, 6.07) is 19.7. The van der Waals surface area contributed by atoms with Crippen molar-refractivity contribution in [3.8, 4) is 11.1 Å². The maximum atomic E-state index is 14.0. The molecule has 36 heavy (non-hydrogen) atoms. The third kappa shape index (κ3) is 3.98. The van der Waals surface area contributed by atoms with Crippen LogP contribution in [0.15, 0.2) is 66.7 Å². The summed E-state index contributed by atoms with van der Waals surface area (Å²) in [5.41, 5.74) is 4.93. The number of ether oxygens (including phenoxy) is 1. The highest BCUT2D eigenvalue weighted by atomic mass is 19.1. The number of ketones is 1. The van der Waals surface area contributed by atoms with Gasteiger partial charge in [-0.15, -0.1) is 0 Å². The maximum absolute atomic E-state index is 14.0. The number of carbonyl (C=O) groups is 2. The molecule has 0 radical (unpaired) electrons. The van der Waals surface area contributed by atoms with E-state index in [1.807, 2.05) is 29.2 Å². The fourth-order valence-electron chi connectivity index (χ4n) is 6.40. The average Bonchev–Trinajstić information content (AvgIpc) is 3.34. The van der Waals surface area contributed by atoms with Gasteiger partial charge in [0.25, 0.3) is 0 Å². The normalized spacial score (nSPS) is 22.3. The molecule has 3 aromatic rings. The summed E-state index contributed by atoms with van der Waals surface area (Å²) in [5.74, 6) is -1.63. The molecular weight excluding hydrogens is 460 g/mol. The Morgan fingerprint density at radius 2 is 1.47 bits per heavy atom. The van der Waals surface area contributed by atoms with Gasteiger partial charge in [-0.3, -0.25) is 4.79 Å². The molecule has 0 N–H and O–H groups in total. The van der Waals surface area contributed by atoms with E-state index in [0.29, 0.717) is 12.8 Å². The van der Waals surface area contributed by atoms with Crippen LogP contribution in [0, 0.1) is 17.6 Å². The zero-order chi connectivity index (χ0) is 24.8. The second kappa shape index (κ2) is 9.16. The monoisotopic (exact) mass is 487 g/mol. The van der Waals surface area contributed by atoms with Gasteiger partial charge in [0.1, 0.15) is 24.0 Å². The van der Waals surface area contributed by atoms with Crippen LogP contribution in [0.4, 0.5) is 13.6 Å². The van der Waals surface area contributed by atoms with Crippen molar-refractivity contribution in [3.05, 3.63) is 95.1 Å². The zero-order valence-corrected chi connectivity index (χ0v) is 19.8. The fourth-order valence-corrected chi connectivity index (χ4v) is 6.40. The highest BCUT2D eigenvalue weighted by Gasteiger charge is 2.46. The molecule has 2 saturated heterocycles. The smallest absolute Gasteiger partial charge is 0.410 e. The first-order valence-corrected chi connectivity index (χ1v) is 12.6. The lowest BCUT2D eigenvalue weighted by Crippen LogP contribution is -2.48. The highest BCUT2D eigenvalue weighted by Crippen LogP contribution is 2.45. The topological polar surface area (TPSA) is 46.6 Å². The van der Waals surface area contributed by atoms with Crippen molar-refractivity contribution in [3.63, 3.8) is 0 Å². The van der Waals surface area contributed by atoms with Crippen LogP contribution in [0.5, 0.6) is 0 Å². The Balaban J connectivity index is 1.11. The SMILES string of the molecule is O=C(Cc1ccc(F)cc1F)C1CC2CCC(C1)N2C(=O)OCC1c2ccccc2-c2ccccc21. The summed E-state index contributed by atoms with van der Waals surface area (Å²) in [7, 11) is 0. The van der Waals surface area contributed by atoms with E-state index in [-0.39, 0.29) is 54.4 Å². The Morgan fingerprint density at radius 1 is 0.861 bits per heavy atom.